The molecule has 4 rings (SSSR count). The maximum absolute atomic E-state index is 15.2. The predicted octanol–water partition coefficient (Wildman–Crippen LogP) is 7.02. The van der Waals surface area contributed by atoms with Gasteiger partial charge in [-0.25, -0.2) is 0 Å². The van der Waals surface area contributed by atoms with Gasteiger partial charge in [-0.05, 0) is 23.0 Å². The van der Waals surface area contributed by atoms with E-state index < -0.39 is 14.3 Å². The molecule has 0 spiro atoms. The van der Waals surface area contributed by atoms with E-state index in [-0.39, 0.29) is 34.7 Å². The number of aromatic hydroxyl groups is 2. The summed E-state index contributed by atoms with van der Waals surface area (Å²) < 4.78 is 30.4. The first-order chi connectivity index (χ1) is 18.7. The number of phenolic OH excluding ortho intramolecular Hbond substituents is 2. The summed E-state index contributed by atoms with van der Waals surface area (Å²) in [6.45, 7) is 12.0. The zero-order chi connectivity index (χ0) is 29.3. The Morgan fingerprint density at radius 1 is 0.500 bits per heavy atom. The Morgan fingerprint density at radius 2 is 0.825 bits per heavy atom. The Hall–Kier alpha value is -3.06. The highest BCUT2D eigenvalue weighted by molar-refractivity contribution is 7.82. The second-order valence-corrected chi connectivity index (χ2v) is 18.3. The first kappa shape index (κ1) is 29.9. The number of phenols is 2. The molecule has 4 aromatic carbocycles. The summed E-state index contributed by atoms with van der Waals surface area (Å²) in [5.74, 6) is 0.0450. The molecule has 2 N–H and O–H groups in total. The van der Waals surface area contributed by atoms with Gasteiger partial charge in [0.2, 0.25) is 0 Å². The van der Waals surface area contributed by atoms with Gasteiger partial charge in [0, 0.05) is 34.1 Å². The van der Waals surface area contributed by atoms with Crippen molar-refractivity contribution in [2.75, 3.05) is 12.3 Å². The van der Waals surface area contributed by atoms with Crippen molar-refractivity contribution in [1.82, 2.24) is 0 Å². The monoisotopic (exact) mass is 574 g/mol. The van der Waals surface area contributed by atoms with E-state index in [1.54, 1.807) is 12.1 Å². The Labute approximate surface area is 238 Å². The van der Waals surface area contributed by atoms with Gasteiger partial charge in [-0.3, -0.25) is 0 Å². The first-order valence-corrected chi connectivity index (χ1v) is 17.4. The lowest BCUT2D eigenvalue weighted by Crippen LogP contribution is -2.27. The minimum absolute atomic E-state index is 0.0225. The molecule has 0 aromatic heterocycles. The molecule has 0 aliphatic rings. The van der Waals surface area contributed by atoms with Crippen LogP contribution in [0.25, 0.3) is 0 Å². The van der Waals surface area contributed by atoms with Gasteiger partial charge in [0.1, 0.15) is 25.8 Å². The van der Waals surface area contributed by atoms with E-state index in [2.05, 4.69) is 0 Å². The summed E-state index contributed by atoms with van der Waals surface area (Å²) in [5, 5.41) is 24.9. The molecule has 0 radical (unpaired) electrons. The van der Waals surface area contributed by atoms with Crippen molar-refractivity contribution in [2.24, 2.45) is 0 Å². The normalized spacial score (nSPS) is 15.2. The van der Waals surface area contributed by atoms with Gasteiger partial charge in [-0.1, -0.05) is 126 Å². The number of para-hydroxylation sites is 2. The van der Waals surface area contributed by atoms with E-state index >= 15 is 9.13 Å². The van der Waals surface area contributed by atoms with Crippen LogP contribution in [0.4, 0.5) is 0 Å². The van der Waals surface area contributed by atoms with Crippen LogP contribution in [0, 0.1) is 0 Å². The molecule has 2 unspecified atom stereocenters. The maximum Gasteiger partial charge on any atom is 0.147 e. The fourth-order valence-electron chi connectivity index (χ4n) is 5.25. The molecule has 0 saturated carbocycles. The number of benzene rings is 4. The molecule has 210 valence electrons. The lowest BCUT2D eigenvalue weighted by atomic mass is 9.86. The van der Waals surface area contributed by atoms with Crippen LogP contribution in [0.15, 0.2) is 97.1 Å². The minimum Gasteiger partial charge on any atom is -0.507 e. The molecule has 0 bridgehead atoms. The summed E-state index contributed by atoms with van der Waals surface area (Å²) in [4.78, 5) is 0. The molecule has 0 aliphatic carbocycles. The van der Waals surface area contributed by atoms with Crippen LogP contribution >= 0.6 is 14.3 Å². The smallest absolute Gasteiger partial charge is 0.147 e. The Morgan fingerprint density at radius 3 is 1.12 bits per heavy atom. The summed E-state index contributed by atoms with van der Waals surface area (Å²) >= 11 is 0. The second kappa shape index (κ2) is 11.1. The van der Waals surface area contributed by atoms with Crippen molar-refractivity contribution in [3.63, 3.8) is 0 Å². The van der Waals surface area contributed by atoms with Crippen LogP contribution in [-0.2, 0) is 20.0 Å². The quantitative estimate of drug-likeness (QED) is 0.233. The number of rotatable bonds is 7. The molecule has 0 aliphatic heterocycles. The third-order valence-corrected chi connectivity index (χ3v) is 14.1. The van der Waals surface area contributed by atoms with Crippen LogP contribution < -0.4 is 21.2 Å². The van der Waals surface area contributed by atoms with Crippen molar-refractivity contribution >= 4 is 35.5 Å². The predicted molar refractivity (Wildman–Crippen MR) is 170 cm³/mol. The highest BCUT2D eigenvalue weighted by Gasteiger charge is 2.38. The Balaban J connectivity index is 1.92. The maximum atomic E-state index is 15.2. The average Bonchev–Trinajstić information content (AvgIpc) is 2.91. The zero-order valence-electron chi connectivity index (χ0n) is 24.3. The Kier molecular flexibility index (Phi) is 8.28. The fourth-order valence-corrected chi connectivity index (χ4v) is 11.9. The summed E-state index contributed by atoms with van der Waals surface area (Å²) in [7, 11) is -6.92. The van der Waals surface area contributed by atoms with E-state index in [0.717, 1.165) is 0 Å². The standard InChI is InChI=1S/C34H40O4P2/c1-33(2,3)27-19-13-21-29(31(27)35)39(37,25-15-9-7-10-16-25)23-24-40(38,26-17-11-8-12-18-26)30-22-14-20-28(32(30)36)34(4,5)6/h7-22,35-36H,23-24H2,1-6H3. The molecule has 0 fully saturated rings. The van der Waals surface area contributed by atoms with Crippen molar-refractivity contribution in [1.29, 1.82) is 0 Å². The molecule has 0 saturated heterocycles. The van der Waals surface area contributed by atoms with Crippen LogP contribution in [0.1, 0.15) is 52.7 Å². The van der Waals surface area contributed by atoms with E-state index in [9.17, 15) is 10.2 Å². The largest absolute Gasteiger partial charge is 0.507 e. The highest BCUT2D eigenvalue weighted by atomic mass is 31.2. The second-order valence-electron chi connectivity index (χ2n) is 12.4. The van der Waals surface area contributed by atoms with Gasteiger partial charge in [-0.15, -0.1) is 0 Å². The molecular formula is C34H40O4P2. The minimum atomic E-state index is -3.46. The van der Waals surface area contributed by atoms with Crippen LogP contribution in [0.3, 0.4) is 0 Å². The van der Waals surface area contributed by atoms with Gasteiger partial charge in [0.25, 0.3) is 0 Å². The van der Waals surface area contributed by atoms with Crippen molar-refractivity contribution in [3.05, 3.63) is 108 Å². The number of hydrogen-bond donors (Lipinski definition) is 2. The third-order valence-electron chi connectivity index (χ3n) is 7.50. The highest BCUT2D eigenvalue weighted by Crippen LogP contribution is 2.54. The molecule has 4 aromatic rings. The molecule has 6 heteroatoms. The van der Waals surface area contributed by atoms with Crippen LogP contribution in [-0.4, -0.2) is 22.5 Å². The summed E-state index contributed by atoms with van der Waals surface area (Å²) in [6.07, 6.45) is 0.118. The van der Waals surface area contributed by atoms with Gasteiger partial charge < -0.3 is 19.3 Å². The van der Waals surface area contributed by atoms with Gasteiger partial charge >= 0.3 is 0 Å². The fraction of sp³-hybridized carbons (Fsp3) is 0.294. The molecule has 0 amide bonds. The van der Waals surface area contributed by atoms with E-state index in [1.165, 1.54) is 0 Å². The van der Waals surface area contributed by atoms with Crippen molar-refractivity contribution < 1.29 is 19.3 Å². The summed E-state index contributed by atoms with van der Waals surface area (Å²) in [6, 6.07) is 29.2. The van der Waals surface area contributed by atoms with Crippen molar-refractivity contribution in [3.8, 4) is 11.5 Å². The summed E-state index contributed by atoms with van der Waals surface area (Å²) in [5.41, 5.74) is 0.700. The third kappa shape index (κ3) is 5.71. The lowest BCUT2D eigenvalue weighted by Gasteiger charge is -2.28. The van der Waals surface area contributed by atoms with E-state index in [4.69, 9.17) is 0 Å². The van der Waals surface area contributed by atoms with Gasteiger partial charge in [-0.2, -0.15) is 0 Å². The van der Waals surface area contributed by atoms with E-state index in [0.29, 0.717) is 32.3 Å². The molecule has 0 heterocycles. The molecule has 2 atom stereocenters. The van der Waals surface area contributed by atoms with Crippen molar-refractivity contribution in [2.45, 2.75) is 52.4 Å². The first-order valence-electron chi connectivity index (χ1n) is 13.6. The van der Waals surface area contributed by atoms with Crippen LogP contribution in [0.5, 0.6) is 11.5 Å². The van der Waals surface area contributed by atoms with E-state index in [1.807, 2.05) is 126 Å². The van der Waals surface area contributed by atoms with Gasteiger partial charge in [0.05, 0.1) is 10.6 Å². The lowest BCUT2D eigenvalue weighted by molar-refractivity contribution is 0.449. The average molecular weight is 575 g/mol. The Bertz CT molecular complexity index is 1460. The molecule has 4 nitrogen and oxygen atoms in total. The zero-order valence-corrected chi connectivity index (χ0v) is 26.0. The SMILES string of the molecule is CC(C)(C)c1cccc(P(=O)(CCP(=O)(c2ccccc2)c2cccc(C(C)(C)C)c2O)c2ccccc2)c1O. The topological polar surface area (TPSA) is 74.6 Å². The van der Waals surface area contributed by atoms with Crippen LogP contribution in [0.2, 0.25) is 0 Å². The molecular weight excluding hydrogens is 534 g/mol. The number of hydrogen-bond acceptors (Lipinski definition) is 4. The molecule has 40 heavy (non-hydrogen) atoms. The van der Waals surface area contributed by atoms with Gasteiger partial charge in [0.15, 0.2) is 0 Å².